The Labute approximate surface area is 202 Å². The molecule has 10 heteroatoms. The summed E-state index contributed by atoms with van der Waals surface area (Å²) in [5.74, 6) is 1.68. The Bertz CT molecular complexity index is 1260. The van der Waals surface area contributed by atoms with Crippen molar-refractivity contribution in [3.05, 3.63) is 66.7 Å². The van der Waals surface area contributed by atoms with Gasteiger partial charge in [-0.05, 0) is 43.7 Å². The number of aromatic nitrogens is 4. The van der Waals surface area contributed by atoms with Crippen LogP contribution in [-0.2, 0) is 11.3 Å². The number of carbonyl (C=O) groups is 1. The average molecular weight is 478 g/mol. The first-order valence-electron chi connectivity index (χ1n) is 11.3. The number of esters is 1. The van der Waals surface area contributed by atoms with E-state index in [1.807, 2.05) is 41.8 Å². The van der Waals surface area contributed by atoms with E-state index in [9.17, 15) is 4.79 Å². The van der Waals surface area contributed by atoms with Gasteiger partial charge in [0.2, 0.25) is 0 Å². The molecule has 0 radical (unpaired) electrons. The number of benzene rings is 2. The summed E-state index contributed by atoms with van der Waals surface area (Å²) in [6.07, 6.45) is 3.63. The Hall–Kier alpha value is -4.34. The van der Waals surface area contributed by atoms with Crippen LogP contribution in [0.25, 0.3) is 11.2 Å². The molecule has 2 heterocycles. The van der Waals surface area contributed by atoms with Crippen LogP contribution in [0.2, 0.25) is 0 Å². The fourth-order valence-corrected chi connectivity index (χ4v) is 3.40. The number of carbonyl (C=O) groups excluding carboxylic acids is 1. The summed E-state index contributed by atoms with van der Waals surface area (Å²) in [4.78, 5) is 24.9. The van der Waals surface area contributed by atoms with Crippen molar-refractivity contribution < 1.29 is 23.7 Å². The van der Waals surface area contributed by atoms with Crippen LogP contribution in [0.3, 0.4) is 0 Å². The zero-order valence-corrected chi connectivity index (χ0v) is 19.4. The maximum atomic E-state index is 12.6. The smallest absolute Gasteiger partial charge is 0.338 e. The van der Waals surface area contributed by atoms with E-state index in [0.29, 0.717) is 66.8 Å². The van der Waals surface area contributed by atoms with E-state index in [1.54, 1.807) is 24.5 Å². The molecule has 0 atom stereocenters. The summed E-state index contributed by atoms with van der Waals surface area (Å²) < 4.78 is 24.4. The second kappa shape index (κ2) is 11.7. The molecule has 0 aliphatic heterocycles. The number of aryl methyl sites for hydroxylation is 1. The van der Waals surface area contributed by atoms with Crippen LogP contribution >= 0.6 is 0 Å². The highest BCUT2D eigenvalue weighted by Crippen LogP contribution is 2.29. The molecule has 0 spiro atoms. The van der Waals surface area contributed by atoms with E-state index in [4.69, 9.17) is 24.7 Å². The van der Waals surface area contributed by atoms with Gasteiger partial charge in [0.25, 0.3) is 0 Å². The Morgan fingerprint density at radius 1 is 0.943 bits per heavy atom. The van der Waals surface area contributed by atoms with Gasteiger partial charge in [-0.1, -0.05) is 18.2 Å². The van der Waals surface area contributed by atoms with E-state index in [-0.39, 0.29) is 6.61 Å². The van der Waals surface area contributed by atoms with E-state index in [0.717, 1.165) is 5.75 Å². The predicted octanol–water partition coefficient (Wildman–Crippen LogP) is 3.51. The molecule has 0 bridgehead atoms. The van der Waals surface area contributed by atoms with E-state index >= 15 is 0 Å². The Balaban J connectivity index is 1.27. The van der Waals surface area contributed by atoms with E-state index < -0.39 is 5.97 Å². The van der Waals surface area contributed by atoms with Crippen molar-refractivity contribution >= 4 is 23.0 Å². The van der Waals surface area contributed by atoms with Gasteiger partial charge in [-0.15, -0.1) is 0 Å². The zero-order chi connectivity index (χ0) is 24.5. The van der Waals surface area contributed by atoms with Crippen molar-refractivity contribution in [1.29, 1.82) is 0 Å². The first kappa shape index (κ1) is 23.8. The summed E-state index contributed by atoms with van der Waals surface area (Å²) in [6, 6.07) is 14.5. The van der Waals surface area contributed by atoms with Crippen LogP contribution in [-0.4, -0.2) is 51.9 Å². The third-order valence-corrected chi connectivity index (χ3v) is 5.04. The Morgan fingerprint density at radius 3 is 2.60 bits per heavy atom. The Morgan fingerprint density at radius 2 is 1.77 bits per heavy atom. The SMILES string of the molecule is CCOc1cc(C(=O)OCCCn2cnc3c(N)ncnc32)ccc1OCCOc1ccccc1. The fourth-order valence-electron chi connectivity index (χ4n) is 3.40. The lowest BCUT2D eigenvalue weighted by molar-refractivity contribution is 0.0495. The van der Waals surface area contributed by atoms with Gasteiger partial charge < -0.3 is 29.2 Å². The average Bonchev–Trinajstić information content (AvgIpc) is 3.30. The number of nitrogen functional groups attached to an aromatic ring is 1. The summed E-state index contributed by atoms with van der Waals surface area (Å²) in [6.45, 7) is 3.82. The molecule has 0 amide bonds. The summed E-state index contributed by atoms with van der Waals surface area (Å²) >= 11 is 0. The maximum absolute atomic E-state index is 12.6. The van der Waals surface area contributed by atoms with Crippen molar-refractivity contribution in [1.82, 2.24) is 19.5 Å². The molecular formula is C25H27N5O5. The number of hydrogen-bond acceptors (Lipinski definition) is 9. The van der Waals surface area contributed by atoms with Crippen LogP contribution < -0.4 is 19.9 Å². The zero-order valence-electron chi connectivity index (χ0n) is 19.4. The van der Waals surface area contributed by atoms with Crippen LogP contribution in [0.15, 0.2) is 61.2 Å². The number of para-hydroxylation sites is 1. The van der Waals surface area contributed by atoms with Gasteiger partial charge in [-0.25, -0.2) is 19.7 Å². The fraction of sp³-hybridized carbons (Fsp3) is 0.280. The van der Waals surface area contributed by atoms with Gasteiger partial charge in [0.15, 0.2) is 23.0 Å². The molecule has 10 nitrogen and oxygen atoms in total. The molecule has 0 unspecified atom stereocenters. The van der Waals surface area contributed by atoms with Crippen molar-refractivity contribution in [3.63, 3.8) is 0 Å². The number of anilines is 1. The number of nitrogens with two attached hydrogens (primary N) is 1. The minimum absolute atomic E-state index is 0.234. The lowest BCUT2D eigenvalue weighted by Crippen LogP contribution is -2.11. The molecule has 0 saturated carbocycles. The van der Waals surface area contributed by atoms with Gasteiger partial charge in [0.1, 0.15) is 30.8 Å². The Kier molecular flexibility index (Phi) is 7.95. The summed E-state index contributed by atoms with van der Waals surface area (Å²) in [5.41, 5.74) is 7.40. The lowest BCUT2D eigenvalue weighted by atomic mass is 10.2. The van der Waals surface area contributed by atoms with Crippen LogP contribution in [0.5, 0.6) is 17.2 Å². The second-order valence-electron chi connectivity index (χ2n) is 7.46. The molecule has 0 aliphatic rings. The lowest BCUT2D eigenvalue weighted by Gasteiger charge is -2.14. The summed E-state index contributed by atoms with van der Waals surface area (Å²) in [7, 11) is 0. The highest BCUT2D eigenvalue weighted by Gasteiger charge is 2.14. The molecule has 0 saturated heterocycles. The molecule has 2 N–H and O–H groups in total. The molecule has 2 aromatic carbocycles. The molecule has 182 valence electrons. The summed E-state index contributed by atoms with van der Waals surface area (Å²) in [5, 5.41) is 0. The van der Waals surface area contributed by atoms with Crippen LogP contribution in [0.4, 0.5) is 5.82 Å². The van der Waals surface area contributed by atoms with Gasteiger partial charge in [-0.2, -0.15) is 0 Å². The standard InChI is InChI=1S/C25H27N5O5/c1-2-32-21-15-18(9-10-20(21)34-14-13-33-19-7-4-3-5-8-19)25(31)35-12-6-11-30-17-29-22-23(26)27-16-28-24(22)30/h3-5,7-10,15-17H,2,6,11-14H2,1H3,(H2,26,27,28). The molecule has 4 rings (SSSR count). The van der Waals surface area contributed by atoms with Gasteiger partial charge in [0, 0.05) is 6.54 Å². The molecular weight excluding hydrogens is 450 g/mol. The molecule has 35 heavy (non-hydrogen) atoms. The molecule has 4 aromatic rings. The number of fused-ring (bicyclic) bond motifs is 1. The second-order valence-corrected chi connectivity index (χ2v) is 7.46. The minimum atomic E-state index is -0.438. The van der Waals surface area contributed by atoms with Crippen molar-refractivity contribution in [3.8, 4) is 17.2 Å². The quantitative estimate of drug-likeness (QED) is 0.241. The topological polar surface area (TPSA) is 124 Å². The monoisotopic (exact) mass is 477 g/mol. The van der Waals surface area contributed by atoms with Gasteiger partial charge in [-0.3, -0.25) is 0 Å². The first-order chi connectivity index (χ1) is 17.2. The van der Waals surface area contributed by atoms with Crippen molar-refractivity contribution in [2.45, 2.75) is 19.9 Å². The number of imidazole rings is 1. The van der Waals surface area contributed by atoms with Crippen LogP contribution in [0.1, 0.15) is 23.7 Å². The number of rotatable bonds is 12. The highest BCUT2D eigenvalue weighted by atomic mass is 16.5. The van der Waals surface area contributed by atoms with Gasteiger partial charge >= 0.3 is 5.97 Å². The predicted molar refractivity (Wildman–Crippen MR) is 130 cm³/mol. The van der Waals surface area contributed by atoms with E-state index in [1.165, 1.54) is 6.33 Å². The normalized spacial score (nSPS) is 10.8. The highest BCUT2D eigenvalue weighted by molar-refractivity contribution is 5.90. The van der Waals surface area contributed by atoms with Gasteiger partial charge in [0.05, 0.1) is 25.1 Å². The van der Waals surface area contributed by atoms with Crippen LogP contribution in [0, 0.1) is 0 Å². The number of nitrogens with zero attached hydrogens (tertiary/aromatic N) is 4. The molecule has 0 fully saturated rings. The molecule has 2 aromatic heterocycles. The molecule has 0 aliphatic carbocycles. The third kappa shape index (κ3) is 6.17. The van der Waals surface area contributed by atoms with Crippen molar-refractivity contribution in [2.75, 3.05) is 32.2 Å². The van der Waals surface area contributed by atoms with E-state index in [2.05, 4.69) is 15.0 Å². The largest absolute Gasteiger partial charge is 0.490 e. The first-order valence-corrected chi connectivity index (χ1v) is 11.3. The number of hydrogen-bond donors (Lipinski definition) is 1. The maximum Gasteiger partial charge on any atom is 0.338 e. The number of ether oxygens (including phenoxy) is 4. The minimum Gasteiger partial charge on any atom is -0.490 e. The van der Waals surface area contributed by atoms with Crippen molar-refractivity contribution in [2.24, 2.45) is 0 Å². The third-order valence-electron chi connectivity index (χ3n) is 5.04.